The van der Waals surface area contributed by atoms with Gasteiger partial charge in [0.15, 0.2) is 5.96 Å². The highest BCUT2D eigenvalue weighted by Crippen LogP contribution is 2.07. The van der Waals surface area contributed by atoms with Crippen LogP contribution in [0.3, 0.4) is 0 Å². The van der Waals surface area contributed by atoms with E-state index in [1.807, 2.05) is 5.32 Å². The summed E-state index contributed by atoms with van der Waals surface area (Å²) in [6, 6.07) is -4.62. The first-order valence-electron chi connectivity index (χ1n) is 10.3. The van der Waals surface area contributed by atoms with Gasteiger partial charge in [0.05, 0.1) is 18.8 Å². The number of carboxylic acid groups (broad SMARTS) is 1. The first kappa shape index (κ1) is 27.1. The molecule has 0 radical (unpaired) electrons. The van der Waals surface area contributed by atoms with E-state index in [0.717, 1.165) is 6.42 Å². The SMILES string of the molecule is CC(O)C(NC(=O)C(CCCN=C(N)N)NC(=O)C1CCCN1)C(=O)NC(CO)C(=O)O. The fraction of sp³-hybridized carbons (Fsp3) is 0.722. The van der Waals surface area contributed by atoms with Gasteiger partial charge in [-0.05, 0) is 39.2 Å². The average molecular weight is 460 g/mol. The molecule has 5 atom stereocenters. The van der Waals surface area contributed by atoms with E-state index >= 15 is 0 Å². The topological polar surface area (TPSA) is 241 Å². The molecule has 0 aliphatic carbocycles. The van der Waals surface area contributed by atoms with Crippen LogP contribution in [0.5, 0.6) is 0 Å². The molecule has 1 saturated heterocycles. The van der Waals surface area contributed by atoms with Crippen molar-refractivity contribution in [1.82, 2.24) is 21.3 Å². The molecule has 1 aliphatic rings. The van der Waals surface area contributed by atoms with Crippen LogP contribution >= 0.6 is 0 Å². The summed E-state index contributed by atoms with van der Waals surface area (Å²) < 4.78 is 0. The van der Waals surface area contributed by atoms with Gasteiger partial charge in [0, 0.05) is 6.54 Å². The Bertz CT molecular complexity index is 691. The number of rotatable bonds is 13. The summed E-state index contributed by atoms with van der Waals surface area (Å²) in [6.07, 6.45) is 0.528. The number of guanidine groups is 1. The second-order valence-corrected chi connectivity index (χ2v) is 7.47. The van der Waals surface area contributed by atoms with Crippen LogP contribution < -0.4 is 32.7 Å². The minimum absolute atomic E-state index is 0.118. The van der Waals surface area contributed by atoms with Crippen molar-refractivity contribution in [3.05, 3.63) is 0 Å². The molecule has 0 bridgehead atoms. The van der Waals surface area contributed by atoms with Crippen molar-refractivity contribution < 1.29 is 34.5 Å². The molecule has 0 aromatic heterocycles. The number of nitrogens with zero attached hydrogens (tertiary/aromatic N) is 1. The Morgan fingerprint density at radius 2 is 1.81 bits per heavy atom. The summed E-state index contributed by atoms with van der Waals surface area (Å²) in [7, 11) is 0. The maximum atomic E-state index is 12.8. The Labute approximate surface area is 185 Å². The molecule has 14 heteroatoms. The van der Waals surface area contributed by atoms with Gasteiger partial charge in [-0.15, -0.1) is 0 Å². The molecule has 3 amide bonds. The predicted molar refractivity (Wildman–Crippen MR) is 113 cm³/mol. The van der Waals surface area contributed by atoms with Crippen LogP contribution in [0.4, 0.5) is 0 Å². The maximum Gasteiger partial charge on any atom is 0.328 e. The lowest BCUT2D eigenvalue weighted by Gasteiger charge is -2.26. The molecule has 1 rings (SSSR count). The Balaban J connectivity index is 2.87. The third-order valence-corrected chi connectivity index (χ3v) is 4.81. The van der Waals surface area contributed by atoms with E-state index in [0.29, 0.717) is 19.4 Å². The van der Waals surface area contributed by atoms with Crippen molar-refractivity contribution in [3.8, 4) is 0 Å². The first-order valence-corrected chi connectivity index (χ1v) is 10.3. The maximum absolute atomic E-state index is 12.8. The number of aliphatic hydroxyl groups is 2. The van der Waals surface area contributed by atoms with Crippen LogP contribution in [0.1, 0.15) is 32.6 Å². The van der Waals surface area contributed by atoms with E-state index in [1.165, 1.54) is 6.92 Å². The molecule has 14 nitrogen and oxygen atoms in total. The van der Waals surface area contributed by atoms with E-state index in [4.69, 9.17) is 21.7 Å². The molecule has 11 N–H and O–H groups in total. The lowest BCUT2D eigenvalue weighted by Crippen LogP contribution is -2.60. The second-order valence-electron chi connectivity index (χ2n) is 7.47. The van der Waals surface area contributed by atoms with Gasteiger partial charge in [-0.2, -0.15) is 0 Å². The number of hydrogen-bond donors (Lipinski definition) is 9. The third-order valence-electron chi connectivity index (χ3n) is 4.81. The third kappa shape index (κ3) is 9.03. The number of nitrogens with one attached hydrogen (secondary N) is 4. The van der Waals surface area contributed by atoms with Crippen molar-refractivity contribution in [2.75, 3.05) is 19.7 Å². The largest absolute Gasteiger partial charge is 0.480 e. The van der Waals surface area contributed by atoms with Gasteiger partial charge in [0.1, 0.15) is 18.1 Å². The van der Waals surface area contributed by atoms with Gasteiger partial charge in [-0.25, -0.2) is 4.79 Å². The second kappa shape index (κ2) is 13.4. The van der Waals surface area contributed by atoms with Gasteiger partial charge < -0.3 is 48.1 Å². The fourth-order valence-corrected chi connectivity index (χ4v) is 3.06. The van der Waals surface area contributed by atoms with Crippen molar-refractivity contribution in [3.63, 3.8) is 0 Å². The monoisotopic (exact) mass is 459 g/mol. The lowest BCUT2D eigenvalue weighted by molar-refractivity contribution is -0.144. The number of carbonyl (C=O) groups excluding carboxylic acids is 3. The van der Waals surface area contributed by atoms with E-state index < -0.39 is 54.7 Å². The number of carboxylic acids is 1. The highest BCUT2D eigenvalue weighted by atomic mass is 16.4. The number of amides is 3. The van der Waals surface area contributed by atoms with Crippen LogP contribution in [0.2, 0.25) is 0 Å². The van der Waals surface area contributed by atoms with Crippen LogP contribution in [0.25, 0.3) is 0 Å². The number of aliphatic hydroxyl groups excluding tert-OH is 2. The summed E-state index contributed by atoms with van der Waals surface area (Å²) in [4.78, 5) is 52.5. The number of aliphatic imine (C=N–C) groups is 1. The smallest absolute Gasteiger partial charge is 0.328 e. The van der Waals surface area contributed by atoms with E-state index in [9.17, 15) is 24.3 Å². The molecule has 0 saturated carbocycles. The molecular formula is C18H33N7O7. The van der Waals surface area contributed by atoms with Crippen LogP contribution in [0, 0.1) is 0 Å². The number of nitrogens with two attached hydrogens (primary N) is 2. The standard InChI is InChI=1S/C18H33N7O7/c1-9(27)13(16(30)24-12(8-26)17(31)32)25-15(29)11(5-3-7-22-18(19)20)23-14(28)10-4-2-6-21-10/h9-13,21,26-27H,2-8H2,1H3,(H,23,28)(H,24,30)(H,25,29)(H,31,32)(H4,19,20,22). The predicted octanol–water partition coefficient (Wildman–Crippen LogP) is -4.30. The summed E-state index contributed by atoms with van der Waals surface area (Å²) in [6.45, 7) is 1.24. The van der Waals surface area contributed by atoms with Gasteiger partial charge in [-0.3, -0.25) is 19.4 Å². The van der Waals surface area contributed by atoms with E-state index in [-0.39, 0.29) is 24.8 Å². The van der Waals surface area contributed by atoms with Crippen molar-refractivity contribution in [2.45, 2.75) is 62.9 Å². The van der Waals surface area contributed by atoms with Crippen molar-refractivity contribution in [1.29, 1.82) is 0 Å². The van der Waals surface area contributed by atoms with Gasteiger partial charge in [-0.1, -0.05) is 0 Å². The molecule has 0 spiro atoms. The molecular weight excluding hydrogens is 426 g/mol. The van der Waals surface area contributed by atoms with E-state index in [1.54, 1.807) is 0 Å². The van der Waals surface area contributed by atoms with E-state index in [2.05, 4.69) is 20.9 Å². The first-order chi connectivity index (χ1) is 15.1. The van der Waals surface area contributed by atoms with Crippen molar-refractivity contribution >= 4 is 29.7 Å². The molecule has 1 heterocycles. The van der Waals surface area contributed by atoms with Crippen LogP contribution in [0.15, 0.2) is 4.99 Å². The highest BCUT2D eigenvalue weighted by Gasteiger charge is 2.33. The lowest BCUT2D eigenvalue weighted by atomic mass is 10.1. The zero-order valence-electron chi connectivity index (χ0n) is 17.9. The van der Waals surface area contributed by atoms with Crippen LogP contribution in [-0.4, -0.2) is 94.9 Å². The molecule has 1 fully saturated rings. The van der Waals surface area contributed by atoms with Crippen LogP contribution in [-0.2, 0) is 19.2 Å². The Kier molecular flexibility index (Phi) is 11.4. The van der Waals surface area contributed by atoms with Crippen molar-refractivity contribution in [2.24, 2.45) is 16.5 Å². The zero-order chi connectivity index (χ0) is 24.3. The average Bonchev–Trinajstić information content (AvgIpc) is 3.26. The zero-order valence-corrected chi connectivity index (χ0v) is 17.9. The molecule has 32 heavy (non-hydrogen) atoms. The van der Waals surface area contributed by atoms with Gasteiger partial charge >= 0.3 is 5.97 Å². The Hall–Kier alpha value is -2.97. The minimum Gasteiger partial charge on any atom is -0.480 e. The summed E-state index contributed by atoms with van der Waals surface area (Å²) in [5, 5.41) is 38.0. The highest BCUT2D eigenvalue weighted by molar-refractivity contribution is 5.94. The molecule has 1 aliphatic heterocycles. The number of hydrogen-bond acceptors (Lipinski definition) is 8. The summed E-state index contributed by atoms with van der Waals surface area (Å²) in [5.74, 6) is -3.73. The summed E-state index contributed by atoms with van der Waals surface area (Å²) in [5.41, 5.74) is 10.6. The Morgan fingerprint density at radius 3 is 2.31 bits per heavy atom. The van der Waals surface area contributed by atoms with Gasteiger partial charge in [0.2, 0.25) is 17.7 Å². The molecule has 0 aromatic rings. The number of carbonyl (C=O) groups is 4. The van der Waals surface area contributed by atoms with Gasteiger partial charge in [0.25, 0.3) is 0 Å². The molecule has 0 aromatic carbocycles. The summed E-state index contributed by atoms with van der Waals surface area (Å²) >= 11 is 0. The quantitative estimate of drug-likeness (QED) is 0.0728. The minimum atomic E-state index is -1.61. The molecule has 182 valence electrons. The molecule has 5 unspecified atom stereocenters. The number of aliphatic carboxylic acids is 1. The normalized spacial score (nSPS) is 19.2. The fourth-order valence-electron chi connectivity index (χ4n) is 3.06. The Morgan fingerprint density at radius 1 is 1.12 bits per heavy atom.